The molecule has 12 aromatic rings. The summed E-state index contributed by atoms with van der Waals surface area (Å²) in [6.07, 6.45) is 58.5. The van der Waals surface area contributed by atoms with Crippen LogP contribution in [0.15, 0.2) is 268 Å². The Morgan fingerprint density at radius 1 is 0.338 bits per heavy atom. The Morgan fingerprint density at radius 2 is 0.569 bits per heavy atom. The van der Waals surface area contributed by atoms with Crippen molar-refractivity contribution < 1.29 is 164 Å². The topological polar surface area (TPSA) is 207 Å². The van der Waals surface area contributed by atoms with Crippen molar-refractivity contribution >= 4 is 57.5 Å². The third kappa shape index (κ3) is 40.8. The summed E-state index contributed by atoms with van der Waals surface area (Å²) in [6.45, 7) is 22.0. The van der Waals surface area contributed by atoms with E-state index in [0.717, 1.165) is 142 Å². The minimum absolute atomic E-state index is 0. The molecule has 0 aliphatic carbocycles. The minimum atomic E-state index is -4.27. The van der Waals surface area contributed by atoms with E-state index < -0.39 is 20.2 Å². The zero-order chi connectivity index (χ0) is 87.1. The molecular weight excluding hydrogens is 2070 g/mol. The molecule has 23 nitrogen and oxygen atoms in total. The molecule has 0 N–H and O–H groups in total. The van der Waals surface area contributed by atoms with E-state index in [1.54, 1.807) is 12.1 Å². The Labute approximate surface area is 834 Å². The smallest absolute Gasteiger partial charge is 0.243 e. The highest BCUT2D eigenvalue weighted by Gasteiger charge is 2.21. The van der Waals surface area contributed by atoms with Gasteiger partial charge in [-0.3, -0.25) is 0 Å². The second-order valence-electron chi connectivity index (χ2n) is 32.6. The number of imidazole rings is 5. The number of nitrogens with zero attached hydrogens (tertiary/aromatic N) is 17. The predicted octanol–water partition coefficient (Wildman–Crippen LogP) is -7.63. The Hall–Kier alpha value is -8.73. The highest BCUT2D eigenvalue weighted by Crippen LogP contribution is 2.18. The maximum absolute atomic E-state index is 10.4. The standard InChI is InChI=1S/2C16H21N3.3C15H18N3.C14H21N2.C7H8O3S.CH4O3S.6BrH/c2*1-17-11-12-19(14-17)9-4-8-18-10-7-15-5-2-3-6-16(15)13-18;3*1-2-5-15-12-17(10-6-14(15)4-1)8-3-9-18-11-7-16-13-18;1-15(2)9-5-10-16-11-8-13-6-3-4-7-14(13)12-16;1-6-2-4-7(5-3-6)11(8,9)10;1-5(2,3)4;;;;;;/h2*2-3,5-6,11-14H,4,7-10H2,1H3;3*1-2,4-5,7,11-13H,3,6,8-10H2;3-4,6-7,12H,5,8-11H2,1-2H3;2-5H,1H3,(H,8,9,10);1H3,(H,2,3,4);6*1H/q2*+2;4*+1;;;;;;;;/p-8. The van der Waals surface area contributed by atoms with Gasteiger partial charge in [-0.2, -0.15) is 0 Å². The zero-order valence-electron chi connectivity index (χ0n) is 75.6. The quantitative estimate of drug-likeness (QED) is 0.0391. The van der Waals surface area contributed by atoms with Crippen LogP contribution in [0.1, 0.15) is 111 Å². The Morgan fingerprint density at radius 3 is 0.777 bits per heavy atom. The van der Waals surface area contributed by atoms with Gasteiger partial charge < -0.3 is 130 Å². The molecular formula is C99H127Br6N17O6S2. The third-order valence-corrected chi connectivity index (χ3v) is 23.1. The minimum Gasteiger partial charge on any atom is -1.00 e. The van der Waals surface area contributed by atoms with Crippen LogP contribution in [0.3, 0.4) is 0 Å². The van der Waals surface area contributed by atoms with Gasteiger partial charge in [-0.1, -0.05) is 127 Å². The molecule has 0 saturated heterocycles. The van der Waals surface area contributed by atoms with E-state index in [0.29, 0.717) is 6.26 Å². The molecule has 7 aromatic carbocycles. The van der Waals surface area contributed by atoms with Crippen LogP contribution in [0, 0.1) is 6.92 Å². The van der Waals surface area contributed by atoms with Gasteiger partial charge in [0.05, 0.1) is 61.2 Å². The molecule has 0 radical (unpaired) electrons. The molecule has 0 fully saturated rings. The third-order valence-electron chi connectivity index (χ3n) is 22.3. The molecule has 11 heterocycles. The van der Waals surface area contributed by atoms with Crippen LogP contribution < -0.4 is 111 Å². The number of fused-ring (bicyclic) bond motifs is 6. The SMILES string of the molecule is C1=[N+](CCCn2ccnc2)CCc2ccccc21.C1=[N+](CCCn2ccnc2)CCc2ccccc21.C1=[N+](CCCn2ccnc2)CCc2ccccc21.CN(C)CCC[N+]1=Cc2ccccc2CC1.CS(=O)(=O)[O-].C[n+]1ccn(CCC[N+]2=Cc3ccccc3CC2)c1.C[n+]1ccn(CCC[N+]2=Cc3ccccc3CC2)c1.Cc1ccc(S(=O)(=O)[O-])cc1.[Br-].[Br-].[Br-].[Br-].[Br-].[Br-]. The molecule has 0 atom stereocenters. The van der Waals surface area contributed by atoms with Crippen molar-refractivity contribution in [3.8, 4) is 0 Å². The largest absolute Gasteiger partial charge is 1.00 e. The predicted molar refractivity (Wildman–Crippen MR) is 491 cm³/mol. The Bertz CT molecular complexity index is 5380. The van der Waals surface area contributed by atoms with Crippen LogP contribution in [0.4, 0.5) is 0 Å². The monoisotopic (exact) mass is 2190 g/mol. The average molecular weight is 2190 g/mol. The normalized spacial score (nSPS) is 13.2. The first-order valence-electron chi connectivity index (χ1n) is 43.6. The number of benzene rings is 7. The maximum Gasteiger partial charge on any atom is 0.243 e. The van der Waals surface area contributed by atoms with Crippen molar-refractivity contribution in [2.45, 2.75) is 122 Å². The molecule has 0 bridgehead atoms. The Balaban J connectivity index is 0.000000265. The fraction of sp³-hybridized carbons (Fsp3) is 0.364. The zero-order valence-corrected chi connectivity index (χ0v) is 86.8. The number of aromatic nitrogens is 10. The lowest BCUT2D eigenvalue weighted by Crippen LogP contribution is -3.00. The van der Waals surface area contributed by atoms with Crippen molar-refractivity contribution in [1.29, 1.82) is 0 Å². The van der Waals surface area contributed by atoms with Gasteiger partial charge in [0.25, 0.3) is 0 Å². The molecule has 31 heteroatoms. The molecule has 18 rings (SSSR count). The van der Waals surface area contributed by atoms with Crippen LogP contribution >= 0.6 is 0 Å². The molecule has 0 unspecified atom stereocenters. The molecule has 0 saturated carbocycles. The number of hydrogen-bond donors (Lipinski definition) is 0. The summed E-state index contributed by atoms with van der Waals surface area (Å²) in [5, 5.41) is 0. The molecule has 6 aliphatic heterocycles. The lowest BCUT2D eigenvalue weighted by atomic mass is 10.0. The van der Waals surface area contributed by atoms with E-state index in [-0.39, 0.29) is 107 Å². The second kappa shape index (κ2) is 59.7. The Kier molecular flexibility index (Phi) is 51.3. The van der Waals surface area contributed by atoms with Crippen LogP contribution in [0.5, 0.6) is 0 Å². The first kappa shape index (κ1) is 112. The van der Waals surface area contributed by atoms with Crippen LogP contribution in [0.25, 0.3) is 0 Å². The average Bonchev–Trinajstić information content (AvgIpc) is 1.63. The van der Waals surface area contributed by atoms with Gasteiger partial charge in [-0.25, -0.2) is 77.5 Å². The molecule has 5 aromatic heterocycles. The maximum atomic E-state index is 10.4. The summed E-state index contributed by atoms with van der Waals surface area (Å²) in [5.41, 5.74) is 18.1. The molecule has 0 spiro atoms. The summed E-state index contributed by atoms with van der Waals surface area (Å²) in [4.78, 5) is 14.2. The van der Waals surface area contributed by atoms with Gasteiger partial charge in [0, 0.05) is 180 Å². The van der Waals surface area contributed by atoms with Crippen LogP contribution in [0.2, 0.25) is 0 Å². The first-order chi connectivity index (χ1) is 60.1. The van der Waals surface area contributed by atoms with E-state index in [1.165, 1.54) is 137 Å². The lowest BCUT2D eigenvalue weighted by molar-refractivity contribution is -0.671. The fourth-order valence-corrected chi connectivity index (χ4v) is 16.1. The molecule has 698 valence electrons. The molecule has 130 heavy (non-hydrogen) atoms. The summed E-state index contributed by atoms with van der Waals surface area (Å²) in [6, 6.07) is 58.0. The van der Waals surface area contributed by atoms with E-state index >= 15 is 0 Å². The van der Waals surface area contributed by atoms with Crippen LogP contribution in [-0.4, -0.2) is 239 Å². The summed E-state index contributed by atoms with van der Waals surface area (Å²) in [7, 11) is 0.205. The summed E-state index contributed by atoms with van der Waals surface area (Å²) in [5.74, 6) is 0. The van der Waals surface area contributed by atoms with E-state index in [4.69, 9.17) is 13.0 Å². The van der Waals surface area contributed by atoms with Crippen LogP contribution in [-0.2, 0) is 106 Å². The summed E-state index contributed by atoms with van der Waals surface area (Å²) >= 11 is 0. The van der Waals surface area contributed by atoms with E-state index in [1.807, 2.05) is 63.1 Å². The number of rotatable bonds is 25. The van der Waals surface area contributed by atoms with Crippen molar-refractivity contribution in [2.24, 2.45) is 14.1 Å². The molecule has 6 aliphatic rings. The highest BCUT2D eigenvalue weighted by atomic mass is 79.9. The number of aryl methyl sites for hydroxylation is 8. The van der Waals surface area contributed by atoms with E-state index in [9.17, 15) is 13.0 Å². The van der Waals surface area contributed by atoms with Gasteiger partial charge in [-0.15, -0.1) is 0 Å². The van der Waals surface area contributed by atoms with E-state index in [2.05, 4.69) is 328 Å². The summed E-state index contributed by atoms with van der Waals surface area (Å²) < 4.78 is 88.1. The highest BCUT2D eigenvalue weighted by molar-refractivity contribution is 7.85. The lowest BCUT2D eigenvalue weighted by Gasteiger charge is -2.13. The van der Waals surface area contributed by atoms with Gasteiger partial charge >= 0.3 is 0 Å². The van der Waals surface area contributed by atoms with Gasteiger partial charge in [0.1, 0.15) is 113 Å². The molecule has 0 amide bonds. The van der Waals surface area contributed by atoms with Crippen molar-refractivity contribution in [1.82, 2.24) is 42.7 Å². The van der Waals surface area contributed by atoms with Gasteiger partial charge in [-0.05, 0) is 103 Å². The van der Waals surface area contributed by atoms with Crippen molar-refractivity contribution in [2.75, 3.05) is 105 Å². The van der Waals surface area contributed by atoms with Crippen molar-refractivity contribution in [3.63, 3.8) is 0 Å². The fourth-order valence-electron chi connectivity index (χ4n) is 15.6. The number of hydrogen-bond acceptors (Lipinski definition) is 10. The number of halogens is 6. The first-order valence-corrected chi connectivity index (χ1v) is 46.8. The van der Waals surface area contributed by atoms with Gasteiger partial charge in [0.15, 0.2) is 37.3 Å². The second-order valence-corrected chi connectivity index (χ2v) is 35.4. The van der Waals surface area contributed by atoms with Crippen molar-refractivity contribution in [3.05, 3.63) is 336 Å². The van der Waals surface area contributed by atoms with Gasteiger partial charge in [0.2, 0.25) is 12.7 Å².